The van der Waals surface area contributed by atoms with Crippen molar-refractivity contribution in [1.29, 1.82) is 0 Å². The normalized spacial score (nSPS) is 13.8. The van der Waals surface area contributed by atoms with E-state index >= 15 is 0 Å². The van der Waals surface area contributed by atoms with Crippen molar-refractivity contribution >= 4 is 30.8 Å². The van der Waals surface area contributed by atoms with Crippen LogP contribution in [0.4, 0.5) is 0 Å². The van der Waals surface area contributed by atoms with E-state index in [1.165, 1.54) is 34.8 Å². The van der Waals surface area contributed by atoms with Gasteiger partial charge in [-0.3, -0.25) is 0 Å². The Morgan fingerprint density at radius 1 is 1.03 bits per heavy atom. The topological polar surface area (TPSA) is 136 Å². The number of hydrogen-bond donors (Lipinski definition) is 2. The minimum Gasteiger partial charge on any atom is -0.330 e. The van der Waals surface area contributed by atoms with Crippen molar-refractivity contribution < 1.29 is 16.8 Å². The van der Waals surface area contributed by atoms with E-state index in [0.29, 0.717) is 31.4 Å². The molecule has 2 rings (SSSR count). The molecule has 0 saturated heterocycles. The van der Waals surface area contributed by atoms with E-state index in [0.717, 1.165) is 25.7 Å². The second-order valence-electron chi connectivity index (χ2n) is 7.61. The van der Waals surface area contributed by atoms with Crippen molar-refractivity contribution in [2.75, 3.05) is 19.6 Å². The highest BCUT2D eigenvalue weighted by molar-refractivity contribution is 7.89. The zero-order chi connectivity index (χ0) is 22.4. The number of nitrogens with two attached hydrogens (primary N) is 2. The molecule has 0 saturated carbocycles. The van der Waals surface area contributed by atoms with Crippen LogP contribution in [0.2, 0.25) is 0 Å². The maximum atomic E-state index is 13.6. The van der Waals surface area contributed by atoms with Gasteiger partial charge >= 0.3 is 0 Å². The predicted molar refractivity (Wildman–Crippen MR) is 119 cm³/mol. The average Bonchev–Trinajstić information content (AvgIpc) is 2.71. The van der Waals surface area contributed by atoms with Crippen LogP contribution in [0.15, 0.2) is 40.4 Å². The van der Waals surface area contributed by atoms with Crippen LogP contribution < -0.4 is 10.9 Å². The number of hydrogen-bond acceptors (Lipinski definition) is 6. The molecule has 0 amide bonds. The third kappa shape index (κ3) is 5.98. The molecule has 1 unspecified atom stereocenters. The molecule has 10 heteroatoms. The first kappa shape index (κ1) is 24.7. The highest BCUT2D eigenvalue weighted by Gasteiger charge is 2.27. The molecule has 0 aliphatic carbocycles. The average molecular weight is 457 g/mol. The van der Waals surface area contributed by atoms with Crippen LogP contribution in [0, 0.1) is 5.92 Å². The number of sulfonamides is 2. The van der Waals surface area contributed by atoms with Crippen molar-refractivity contribution in [2.45, 2.75) is 55.9 Å². The molecule has 0 bridgehead atoms. The molecule has 8 nitrogen and oxygen atoms in total. The van der Waals surface area contributed by atoms with Crippen molar-refractivity contribution in [2.24, 2.45) is 16.8 Å². The summed E-state index contributed by atoms with van der Waals surface area (Å²) in [5, 5.41) is 5.43. The Morgan fingerprint density at radius 3 is 2.40 bits per heavy atom. The first-order chi connectivity index (χ1) is 14.1. The van der Waals surface area contributed by atoms with Crippen molar-refractivity contribution in [1.82, 2.24) is 9.29 Å². The Labute approximate surface area is 179 Å². The summed E-state index contributed by atoms with van der Waals surface area (Å²) >= 11 is 0. The van der Waals surface area contributed by atoms with Gasteiger partial charge in [0, 0.05) is 30.1 Å². The first-order valence-corrected chi connectivity index (χ1v) is 13.2. The largest absolute Gasteiger partial charge is 0.330 e. The van der Waals surface area contributed by atoms with Gasteiger partial charge in [0.15, 0.2) is 5.03 Å². The zero-order valence-corrected chi connectivity index (χ0v) is 19.3. The molecule has 4 N–H and O–H groups in total. The number of fused-ring (bicyclic) bond motifs is 1. The Hall–Kier alpha value is -1.59. The number of nitrogens with zero attached hydrogens (tertiary/aromatic N) is 2. The quantitative estimate of drug-likeness (QED) is 0.471. The lowest BCUT2D eigenvalue weighted by Gasteiger charge is -2.24. The molecule has 0 fully saturated rings. The van der Waals surface area contributed by atoms with Gasteiger partial charge in [-0.1, -0.05) is 45.2 Å². The van der Waals surface area contributed by atoms with Gasteiger partial charge in [0.25, 0.3) is 10.0 Å². The number of pyridine rings is 1. The van der Waals surface area contributed by atoms with Gasteiger partial charge in [0.05, 0.1) is 4.90 Å². The number of primary sulfonamides is 1. The third-order valence-electron chi connectivity index (χ3n) is 5.15. The van der Waals surface area contributed by atoms with Gasteiger partial charge in [-0.15, -0.1) is 0 Å². The van der Waals surface area contributed by atoms with Crippen LogP contribution >= 0.6 is 0 Å². The summed E-state index contributed by atoms with van der Waals surface area (Å²) in [6.45, 7) is 5.34. The molecule has 0 spiro atoms. The molecule has 168 valence electrons. The summed E-state index contributed by atoms with van der Waals surface area (Å²) in [5.74, 6) is 0.198. The van der Waals surface area contributed by atoms with Crippen LogP contribution in [0.3, 0.4) is 0 Å². The van der Waals surface area contributed by atoms with Gasteiger partial charge in [-0.2, -0.15) is 4.31 Å². The fourth-order valence-electron chi connectivity index (χ4n) is 3.29. The Kier molecular flexibility index (Phi) is 8.74. The lowest BCUT2D eigenvalue weighted by molar-refractivity contribution is 0.365. The summed E-state index contributed by atoms with van der Waals surface area (Å²) in [6, 6.07) is 6.04. The van der Waals surface area contributed by atoms with Gasteiger partial charge in [0.1, 0.15) is 0 Å². The minimum atomic E-state index is -4.09. The second kappa shape index (κ2) is 10.6. The molecule has 1 atom stereocenters. The van der Waals surface area contributed by atoms with Gasteiger partial charge in [-0.05, 0) is 37.4 Å². The van der Waals surface area contributed by atoms with E-state index in [4.69, 9.17) is 10.9 Å². The first-order valence-electron chi connectivity index (χ1n) is 10.2. The lowest BCUT2D eigenvalue weighted by Crippen LogP contribution is -2.34. The molecular formula is C20H32N4O4S2. The molecule has 1 aromatic heterocycles. The van der Waals surface area contributed by atoms with Crippen LogP contribution in [0.1, 0.15) is 46.0 Å². The fraction of sp³-hybridized carbons (Fsp3) is 0.550. The summed E-state index contributed by atoms with van der Waals surface area (Å²) in [6.07, 6.45) is 5.73. The smallest absolute Gasteiger partial charge is 0.256 e. The van der Waals surface area contributed by atoms with Crippen LogP contribution in [0.25, 0.3) is 10.8 Å². The summed E-state index contributed by atoms with van der Waals surface area (Å²) in [4.78, 5) is 3.91. The highest BCUT2D eigenvalue weighted by Crippen LogP contribution is 2.29. The van der Waals surface area contributed by atoms with E-state index < -0.39 is 20.0 Å². The monoisotopic (exact) mass is 456 g/mol. The number of rotatable bonds is 12. The summed E-state index contributed by atoms with van der Waals surface area (Å²) in [7, 11) is -7.94. The fourth-order valence-corrected chi connectivity index (χ4v) is 5.68. The summed E-state index contributed by atoms with van der Waals surface area (Å²) < 4.78 is 52.4. The maximum Gasteiger partial charge on any atom is 0.256 e. The Morgan fingerprint density at radius 2 is 1.77 bits per heavy atom. The van der Waals surface area contributed by atoms with Crippen LogP contribution in [0.5, 0.6) is 0 Å². The van der Waals surface area contributed by atoms with Gasteiger partial charge in [0.2, 0.25) is 10.0 Å². The summed E-state index contributed by atoms with van der Waals surface area (Å²) in [5.41, 5.74) is 5.71. The SMILES string of the molecule is CCCCCCN(CCC(C)CN)S(=O)(=O)c1cccc2c(S(N)(=O)=O)nccc12. The highest BCUT2D eigenvalue weighted by atomic mass is 32.2. The van der Waals surface area contributed by atoms with Crippen molar-refractivity contribution in [3.8, 4) is 0 Å². The van der Waals surface area contributed by atoms with Gasteiger partial charge in [-0.25, -0.2) is 27.0 Å². The number of unbranched alkanes of at least 4 members (excludes halogenated alkanes) is 3. The van der Waals surface area contributed by atoms with E-state index in [-0.39, 0.29) is 21.2 Å². The maximum absolute atomic E-state index is 13.6. The van der Waals surface area contributed by atoms with E-state index in [9.17, 15) is 16.8 Å². The molecule has 0 aliphatic heterocycles. The molecule has 0 radical (unpaired) electrons. The number of benzene rings is 1. The minimum absolute atomic E-state index is 0.0585. The molecule has 1 heterocycles. The lowest BCUT2D eigenvalue weighted by atomic mass is 10.1. The van der Waals surface area contributed by atoms with Crippen molar-refractivity contribution in [3.05, 3.63) is 30.5 Å². The van der Waals surface area contributed by atoms with E-state index in [2.05, 4.69) is 11.9 Å². The molecule has 0 aliphatic rings. The molecule has 2 aromatic rings. The zero-order valence-electron chi connectivity index (χ0n) is 17.6. The Balaban J connectivity index is 2.49. The molecule has 1 aromatic carbocycles. The van der Waals surface area contributed by atoms with Crippen molar-refractivity contribution in [3.63, 3.8) is 0 Å². The number of aromatic nitrogens is 1. The van der Waals surface area contributed by atoms with Crippen LogP contribution in [-0.4, -0.2) is 45.8 Å². The second-order valence-corrected chi connectivity index (χ2v) is 11.0. The van der Waals surface area contributed by atoms with E-state index in [1.807, 2.05) is 6.92 Å². The predicted octanol–water partition coefficient (Wildman–Crippen LogP) is 2.44. The Bertz CT molecular complexity index is 1060. The molecular weight excluding hydrogens is 424 g/mol. The standard InChI is InChI=1S/C20H32N4O4S2/c1-3-4-5-6-13-24(14-11-16(2)15-21)30(27,28)19-9-7-8-18-17(19)10-12-23-20(18)29(22,25)26/h7-10,12,16H,3-6,11,13-15,21H2,1-2H3,(H2,22,25,26). The van der Waals surface area contributed by atoms with Crippen LogP contribution in [-0.2, 0) is 20.0 Å². The van der Waals surface area contributed by atoms with Gasteiger partial charge < -0.3 is 5.73 Å². The molecule has 30 heavy (non-hydrogen) atoms. The van der Waals surface area contributed by atoms with E-state index in [1.54, 1.807) is 0 Å². The third-order valence-corrected chi connectivity index (χ3v) is 7.97.